The van der Waals surface area contributed by atoms with Gasteiger partial charge in [-0.1, -0.05) is 24.4 Å². The third kappa shape index (κ3) is 5.42. The highest BCUT2D eigenvalue weighted by molar-refractivity contribution is 8.44. The van der Waals surface area contributed by atoms with Crippen LogP contribution in [0.25, 0.3) is 22.2 Å². The van der Waals surface area contributed by atoms with Gasteiger partial charge in [-0.05, 0) is 23.9 Å². The molecule has 4 bridgehead atoms. The molecule has 43 heavy (non-hydrogen) atoms. The summed E-state index contributed by atoms with van der Waals surface area (Å²) in [5.74, 6) is 0. The first-order valence-corrected chi connectivity index (χ1v) is 18.1. The minimum Gasteiger partial charge on any atom is -0.387 e. The molecule has 4 aromatic rings. The largest absolute Gasteiger partial charge is 0.387 e. The Kier molecular flexibility index (Phi) is 7.62. The lowest BCUT2D eigenvalue weighted by Gasteiger charge is -2.27. The Morgan fingerprint density at radius 3 is 2.37 bits per heavy atom. The van der Waals surface area contributed by atoms with Crippen LogP contribution < -0.4 is 5.56 Å². The van der Waals surface area contributed by atoms with Crippen LogP contribution in [0.1, 0.15) is 12.5 Å². The number of H-pyrrole nitrogens is 1. The van der Waals surface area contributed by atoms with Gasteiger partial charge >= 0.3 is 13.5 Å². The van der Waals surface area contributed by atoms with Gasteiger partial charge in [0.15, 0.2) is 23.6 Å². The summed E-state index contributed by atoms with van der Waals surface area (Å²) in [6.07, 6.45) is -6.42. The number of aromatic amines is 1. The zero-order valence-electron chi connectivity index (χ0n) is 21.7. The van der Waals surface area contributed by atoms with Crippen molar-refractivity contribution < 1.29 is 47.2 Å². The molecule has 17 nitrogen and oxygen atoms in total. The van der Waals surface area contributed by atoms with Gasteiger partial charge in [0.1, 0.15) is 36.6 Å². The second-order valence-corrected chi connectivity index (χ2v) is 15.6. The predicted molar refractivity (Wildman–Crippen MR) is 152 cm³/mol. The molecule has 3 fully saturated rings. The fourth-order valence-corrected chi connectivity index (χ4v) is 8.19. The van der Waals surface area contributed by atoms with Crippen molar-refractivity contribution in [2.75, 3.05) is 13.2 Å². The number of thiol groups is 1. The number of fused-ring (bicyclic) bond motifs is 6. The minimum atomic E-state index is -4.28. The Balaban J connectivity index is 1.22. The topological polar surface area (TPSA) is 215 Å². The summed E-state index contributed by atoms with van der Waals surface area (Å²) in [6, 6.07) is 7.16. The minimum absolute atomic E-state index is 0.0168. The molecule has 3 saturated heterocycles. The highest BCUT2D eigenvalue weighted by Gasteiger charge is 2.52. The van der Waals surface area contributed by atoms with Crippen LogP contribution >= 0.6 is 25.8 Å². The van der Waals surface area contributed by atoms with Gasteiger partial charge in [-0.2, -0.15) is 0 Å². The molecule has 7 rings (SSSR count). The average Bonchev–Trinajstić information content (AvgIpc) is 3.72. The molecule has 0 aliphatic carbocycles. The molecule has 3 aliphatic rings. The van der Waals surface area contributed by atoms with Crippen molar-refractivity contribution in [3.05, 3.63) is 53.6 Å². The number of imidazole rings is 2. The van der Waals surface area contributed by atoms with E-state index >= 15 is 0 Å². The number of nitrogens with zero attached hydrogens (tertiary/aromatic N) is 5. The lowest BCUT2D eigenvalue weighted by molar-refractivity contribution is -0.0599. The van der Waals surface area contributed by atoms with Crippen LogP contribution in [0.2, 0.25) is 0 Å². The van der Waals surface area contributed by atoms with Crippen molar-refractivity contribution in [2.45, 2.75) is 49.1 Å². The number of para-hydroxylation sites is 2. The van der Waals surface area contributed by atoms with Gasteiger partial charge in [-0.3, -0.25) is 22.9 Å². The Labute approximate surface area is 251 Å². The maximum absolute atomic E-state index is 13.5. The molecule has 1 aromatic carbocycles. The quantitative estimate of drug-likeness (QED) is 0.147. The number of ether oxygens (including phenoxy) is 2. The van der Waals surface area contributed by atoms with Crippen LogP contribution in [0.4, 0.5) is 0 Å². The predicted octanol–water partition coefficient (Wildman–Crippen LogP) is 0.758. The van der Waals surface area contributed by atoms with E-state index in [0.717, 1.165) is 6.33 Å². The van der Waals surface area contributed by atoms with Crippen molar-refractivity contribution in [1.29, 1.82) is 0 Å². The maximum atomic E-state index is 13.5. The van der Waals surface area contributed by atoms with Crippen molar-refractivity contribution in [2.24, 2.45) is 0 Å². The molecule has 4 unspecified atom stereocenters. The normalized spacial score (nSPS) is 38.9. The Morgan fingerprint density at radius 1 is 0.953 bits per heavy atom. The molecule has 3 aliphatic heterocycles. The van der Waals surface area contributed by atoms with E-state index in [1.54, 1.807) is 22.8 Å². The van der Waals surface area contributed by atoms with E-state index in [0.29, 0.717) is 11.0 Å². The highest BCUT2D eigenvalue weighted by Crippen LogP contribution is 2.58. The van der Waals surface area contributed by atoms with Gasteiger partial charge in [0.05, 0.1) is 43.2 Å². The summed E-state index contributed by atoms with van der Waals surface area (Å²) < 4.78 is 51.0. The molecule has 3 aromatic heterocycles. The summed E-state index contributed by atoms with van der Waals surface area (Å²) in [5.41, 5.74) is 0.838. The molecular formula is C22H24N6O11P2S2. The van der Waals surface area contributed by atoms with Crippen LogP contribution in [-0.4, -0.2) is 94.0 Å². The highest BCUT2D eigenvalue weighted by atomic mass is 32.7. The maximum Gasteiger partial charge on any atom is 0.386 e. The number of benzene rings is 1. The van der Waals surface area contributed by atoms with E-state index in [1.165, 1.54) is 17.2 Å². The zero-order chi connectivity index (χ0) is 30.1. The number of hydrogen-bond donors (Lipinski definition) is 5. The third-order valence-corrected chi connectivity index (χ3v) is 10.5. The third-order valence-electron chi connectivity index (χ3n) is 7.33. The number of nitrogens with one attached hydrogen (secondary N) is 1. The van der Waals surface area contributed by atoms with Crippen LogP contribution in [0.5, 0.6) is 0 Å². The average molecular weight is 675 g/mol. The summed E-state index contributed by atoms with van der Waals surface area (Å²) in [5, 5.41) is 22.3. The van der Waals surface area contributed by atoms with E-state index in [1.807, 2.05) is 6.07 Å². The van der Waals surface area contributed by atoms with E-state index in [4.69, 9.17) is 39.4 Å². The van der Waals surface area contributed by atoms with Crippen molar-refractivity contribution in [3.63, 3.8) is 0 Å². The summed E-state index contributed by atoms with van der Waals surface area (Å²) in [4.78, 5) is 38.1. The van der Waals surface area contributed by atoms with Crippen LogP contribution in [0, 0.1) is 0 Å². The standard InChI is InChI=1S/C22H24N6O11P2S2/c29-15-12-5-34-41(33,43)39-18-16(30)13(37-22(18)28-9-26-14-19(28)23-7-24-20(14)31)6-35-40(32,42)38-17(15)21(36-12)27-8-25-10-3-1-2-4-11(10)27/h1-4,7-9,12-13,15-18,21-22,29-30H,5-6H2,(H,32,42)(H,33,43)(H,23,24,31)/t12-,13-,15+,16?,17?,18+,21-,22-,40?,41?/m1/s1. The van der Waals surface area contributed by atoms with Gasteiger partial charge in [0.25, 0.3) is 5.56 Å². The van der Waals surface area contributed by atoms with Gasteiger partial charge in [-0.15, -0.1) is 0 Å². The Hall–Kier alpha value is -2.09. The van der Waals surface area contributed by atoms with Crippen molar-refractivity contribution in [3.8, 4) is 0 Å². The van der Waals surface area contributed by atoms with Gasteiger partial charge in [0, 0.05) is 0 Å². The first kappa shape index (κ1) is 29.6. The summed E-state index contributed by atoms with van der Waals surface area (Å²) in [6.45, 7) is -9.40. The van der Waals surface area contributed by atoms with Crippen molar-refractivity contribution >= 4 is 59.8 Å². The number of aliphatic hydroxyl groups is 2. The molecule has 230 valence electrons. The van der Waals surface area contributed by atoms with E-state index < -0.39 is 81.4 Å². The molecule has 0 saturated carbocycles. The fourth-order valence-electron chi connectivity index (χ4n) is 5.32. The lowest BCUT2D eigenvalue weighted by Crippen LogP contribution is -2.37. The van der Waals surface area contributed by atoms with Gasteiger partial charge in [-0.25, -0.2) is 19.5 Å². The second-order valence-electron chi connectivity index (χ2n) is 9.98. The number of hydrogen-bond acceptors (Lipinski definition) is 14. The first-order chi connectivity index (χ1) is 20.5. The van der Waals surface area contributed by atoms with E-state index in [2.05, 4.69) is 32.2 Å². The van der Waals surface area contributed by atoms with Crippen LogP contribution in [-0.2, 0) is 43.9 Å². The number of rotatable bonds is 2. The molecule has 4 N–H and O–H groups in total. The van der Waals surface area contributed by atoms with Crippen LogP contribution in [0.3, 0.4) is 0 Å². The fraction of sp³-hybridized carbons (Fsp3) is 0.455. The summed E-state index contributed by atoms with van der Waals surface area (Å²) in [7, 11) is 0. The Bertz CT molecular complexity index is 1840. The monoisotopic (exact) mass is 674 g/mol. The lowest BCUT2D eigenvalue weighted by atomic mass is 10.1. The molecular weight excluding hydrogens is 650 g/mol. The second kappa shape index (κ2) is 11.1. The molecule has 0 amide bonds. The molecule has 21 heteroatoms. The molecule has 0 radical (unpaired) electrons. The Morgan fingerprint density at radius 2 is 1.60 bits per heavy atom. The van der Waals surface area contributed by atoms with Gasteiger partial charge < -0.3 is 38.7 Å². The first-order valence-electron chi connectivity index (χ1n) is 12.8. The van der Waals surface area contributed by atoms with Crippen molar-refractivity contribution in [1.82, 2.24) is 29.1 Å². The smallest absolute Gasteiger partial charge is 0.386 e. The molecule has 0 spiro atoms. The number of aromatic nitrogens is 6. The summed E-state index contributed by atoms with van der Waals surface area (Å²) >= 11 is 9.36. The molecule has 10 atom stereocenters. The molecule has 6 heterocycles. The van der Waals surface area contributed by atoms with E-state index in [-0.39, 0.29) is 11.2 Å². The zero-order valence-corrected chi connectivity index (χ0v) is 25.2. The van der Waals surface area contributed by atoms with Gasteiger partial charge in [0.2, 0.25) is 0 Å². The number of aliphatic hydroxyl groups excluding tert-OH is 2. The SMILES string of the molecule is O=c1[nH]cnc2c1ncn2[C@@H]1O[C@@H]2COP(O)(=S)OC3[C@@H](O)[C@@H](COP(=O)(S)O[C@H]1C2O)O[C@H]3n1cnc2ccccc21. The van der Waals surface area contributed by atoms with Crippen LogP contribution in [0.15, 0.2) is 48.0 Å². The van der Waals surface area contributed by atoms with E-state index in [9.17, 15) is 24.5 Å².